The number of carbonyl (C=O) groups excluding carboxylic acids is 2. The number of carbonyl (C=O) groups is 2. The molecule has 0 saturated carbocycles. The van der Waals surface area contributed by atoms with E-state index >= 15 is 0 Å². The van der Waals surface area contributed by atoms with E-state index in [2.05, 4.69) is 0 Å². The largest absolute Gasteiger partial charge is 0.465 e. The number of halogens is 2. The summed E-state index contributed by atoms with van der Waals surface area (Å²) in [4.78, 5) is 23.3. The first-order valence-corrected chi connectivity index (χ1v) is 8.83. The van der Waals surface area contributed by atoms with Crippen molar-refractivity contribution >= 4 is 11.9 Å². The van der Waals surface area contributed by atoms with Gasteiger partial charge in [-0.05, 0) is 41.8 Å². The summed E-state index contributed by atoms with van der Waals surface area (Å²) in [5.41, 5.74) is 1.77. The van der Waals surface area contributed by atoms with Gasteiger partial charge in [0.25, 0.3) is 0 Å². The molecule has 0 fully saturated rings. The summed E-state index contributed by atoms with van der Waals surface area (Å²) in [6.45, 7) is 0.430. The molecule has 0 unspecified atom stereocenters. The third-order valence-electron chi connectivity index (χ3n) is 3.90. The Kier molecular flexibility index (Phi) is 8.42. The lowest BCUT2D eigenvalue weighted by atomic mass is 10.1. The molecule has 144 valence electrons. The zero-order chi connectivity index (χ0) is 19.5. The summed E-state index contributed by atoms with van der Waals surface area (Å²) in [6, 6.07) is 12.0. The second kappa shape index (κ2) is 11.1. The van der Waals surface area contributed by atoms with Gasteiger partial charge in [-0.1, -0.05) is 24.3 Å². The number of benzene rings is 2. The quantitative estimate of drug-likeness (QED) is 0.588. The molecule has 0 bridgehead atoms. The monoisotopic (exact) mass is 376 g/mol. The zero-order valence-corrected chi connectivity index (χ0v) is 15.0. The highest BCUT2D eigenvalue weighted by atomic mass is 19.1. The number of hydrogen-bond donors (Lipinski definition) is 0. The van der Waals surface area contributed by atoms with Gasteiger partial charge in [-0.25, -0.2) is 8.78 Å². The molecule has 2 rings (SSSR count). The van der Waals surface area contributed by atoms with E-state index in [0.29, 0.717) is 19.3 Å². The Labute approximate surface area is 157 Å². The summed E-state index contributed by atoms with van der Waals surface area (Å²) in [5.74, 6) is -1.37. The summed E-state index contributed by atoms with van der Waals surface area (Å²) < 4.78 is 35.7. The van der Waals surface area contributed by atoms with Crippen LogP contribution in [0.2, 0.25) is 0 Å². The molecule has 4 nitrogen and oxygen atoms in total. The Hall–Kier alpha value is -2.76. The SMILES string of the molecule is O=C(CCCC(=O)OCCc1ccc(F)cc1)OCCc1ccc(F)cc1. The van der Waals surface area contributed by atoms with E-state index in [-0.39, 0.29) is 49.6 Å². The van der Waals surface area contributed by atoms with Crippen LogP contribution < -0.4 is 0 Å². The second-order valence-electron chi connectivity index (χ2n) is 6.05. The van der Waals surface area contributed by atoms with Gasteiger partial charge in [0.05, 0.1) is 13.2 Å². The molecular formula is C21H22F2O4. The third kappa shape index (κ3) is 8.44. The molecule has 2 aromatic carbocycles. The Bertz CT molecular complexity index is 663. The van der Waals surface area contributed by atoms with Crippen LogP contribution in [0.25, 0.3) is 0 Å². The molecule has 0 aliphatic heterocycles. The van der Waals surface area contributed by atoms with Crippen molar-refractivity contribution in [1.82, 2.24) is 0 Å². The van der Waals surface area contributed by atoms with E-state index in [0.717, 1.165) is 11.1 Å². The maximum Gasteiger partial charge on any atom is 0.305 e. The Balaban J connectivity index is 1.51. The van der Waals surface area contributed by atoms with Crippen molar-refractivity contribution in [3.8, 4) is 0 Å². The van der Waals surface area contributed by atoms with E-state index < -0.39 is 0 Å². The molecule has 6 heteroatoms. The molecule has 0 N–H and O–H groups in total. The van der Waals surface area contributed by atoms with Crippen LogP contribution in [0.15, 0.2) is 48.5 Å². The van der Waals surface area contributed by atoms with Crippen LogP contribution in [0.1, 0.15) is 30.4 Å². The molecule has 0 spiro atoms. The van der Waals surface area contributed by atoms with Gasteiger partial charge in [0.1, 0.15) is 11.6 Å². The van der Waals surface area contributed by atoms with Crippen molar-refractivity contribution in [2.45, 2.75) is 32.1 Å². The smallest absolute Gasteiger partial charge is 0.305 e. The number of esters is 2. The first kappa shape index (κ1) is 20.6. The summed E-state index contributed by atoms with van der Waals surface area (Å²) >= 11 is 0. The average Bonchev–Trinajstić information content (AvgIpc) is 2.65. The van der Waals surface area contributed by atoms with Crippen LogP contribution >= 0.6 is 0 Å². The first-order chi connectivity index (χ1) is 13.0. The van der Waals surface area contributed by atoms with E-state index in [1.54, 1.807) is 24.3 Å². The Morgan fingerprint density at radius 2 is 1.04 bits per heavy atom. The molecule has 2 aromatic rings. The number of rotatable bonds is 10. The van der Waals surface area contributed by atoms with E-state index in [1.807, 2.05) is 0 Å². The van der Waals surface area contributed by atoms with Gasteiger partial charge in [0, 0.05) is 25.7 Å². The predicted molar refractivity (Wildman–Crippen MR) is 96.0 cm³/mol. The lowest BCUT2D eigenvalue weighted by Crippen LogP contribution is -2.11. The maximum absolute atomic E-state index is 12.8. The summed E-state index contributed by atoms with van der Waals surface area (Å²) in [5, 5.41) is 0. The van der Waals surface area contributed by atoms with Crippen molar-refractivity contribution in [2.75, 3.05) is 13.2 Å². The van der Waals surface area contributed by atoms with Crippen LogP contribution in [0.4, 0.5) is 8.78 Å². The summed E-state index contributed by atoms with van der Waals surface area (Å²) in [6.07, 6.45) is 1.65. The fraction of sp³-hybridized carbons (Fsp3) is 0.333. The minimum Gasteiger partial charge on any atom is -0.465 e. The van der Waals surface area contributed by atoms with Crippen molar-refractivity contribution in [1.29, 1.82) is 0 Å². The second-order valence-corrected chi connectivity index (χ2v) is 6.05. The van der Waals surface area contributed by atoms with E-state index in [4.69, 9.17) is 9.47 Å². The summed E-state index contributed by atoms with van der Waals surface area (Å²) in [7, 11) is 0. The van der Waals surface area contributed by atoms with Crippen molar-refractivity contribution in [3.05, 3.63) is 71.3 Å². The normalized spacial score (nSPS) is 10.4. The van der Waals surface area contributed by atoms with E-state index in [1.165, 1.54) is 24.3 Å². The Morgan fingerprint density at radius 3 is 1.41 bits per heavy atom. The third-order valence-corrected chi connectivity index (χ3v) is 3.90. The highest BCUT2D eigenvalue weighted by Gasteiger charge is 2.08. The molecule has 0 aromatic heterocycles. The van der Waals surface area contributed by atoms with Gasteiger partial charge in [0.15, 0.2) is 0 Å². The van der Waals surface area contributed by atoms with Crippen LogP contribution in [0.3, 0.4) is 0 Å². The lowest BCUT2D eigenvalue weighted by Gasteiger charge is -2.06. The number of ether oxygens (including phenoxy) is 2. The fourth-order valence-corrected chi connectivity index (χ4v) is 2.39. The molecule has 0 heterocycles. The standard InChI is InChI=1S/C21H22F2O4/c22-18-8-4-16(5-9-18)12-14-26-20(24)2-1-3-21(25)27-15-13-17-6-10-19(23)11-7-17/h4-11H,1-3,12-15H2. The molecule has 0 atom stereocenters. The molecule has 27 heavy (non-hydrogen) atoms. The molecule has 0 saturated heterocycles. The van der Waals surface area contributed by atoms with Gasteiger partial charge in [-0.2, -0.15) is 0 Å². The van der Waals surface area contributed by atoms with Crippen molar-refractivity contribution < 1.29 is 27.8 Å². The molecule has 0 radical (unpaired) electrons. The van der Waals surface area contributed by atoms with Gasteiger partial charge in [-0.3, -0.25) is 9.59 Å². The van der Waals surface area contributed by atoms with Crippen molar-refractivity contribution in [3.63, 3.8) is 0 Å². The maximum atomic E-state index is 12.8. The van der Waals surface area contributed by atoms with Gasteiger partial charge in [-0.15, -0.1) is 0 Å². The minimum absolute atomic E-state index is 0.135. The topological polar surface area (TPSA) is 52.6 Å². The van der Waals surface area contributed by atoms with Crippen LogP contribution in [-0.4, -0.2) is 25.2 Å². The molecular weight excluding hydrogens is 354 g/mol. The molecule has 0 aliphatic rings. The first-order valence-electron chi connectivity index (χ1n) is 8.83. The highest BCUT2D eigenvalue weighted by Crippen LogP contribution is 2.06. The van der Waals surface area contributed by atoms with Crippen LogP contribution in [-0.2, 0) is 31.9 Å². The minimum atomic E-state index is -0.378. The fourth-order valence-electron chi connectivity index (χ4n) is 2.39. The van der Waals surface area contributed by atoms with Gasteiger partial charge < -0.3 is 9.47 Å². The van der Waals surface area contributed by atoms with Crippen LogP contribution in [0.5, 0.6) is 0 Å². The van der Waals surface area contributed by atoms with Gasteiger partial charge in [0.2, 0.25) is 0 Å². The lowest BCUT2D eigenvalue weighted by molar-refractivity contribution is -0.145. The highest BCUT2D eigenvalue weighted by molar-refractivity contribution is 5.72. The molecule has 0 amide bonds. The predicted octanol–water partition coefficient (Wildman–Crippen LogP) is 4.01. The van der Waals surface area contributed by atoms with Gasteiger partial charge >= 0.3 is 11.9 Å². The number of hydrogen-bond acceptors (Lipinski definition) is 4. The zero-order valence-electron chi connectivity index (χ0n) is 15.0. The molecule has 0 aliphatic carbocycles. The van der Waals surface area contributed by atoms with Crippen molar-refractivity contribution in [2.24, 2.45) is 0 Å². The Morgan fingerprint density at radius 1 is 0.667 bits per heavy atom. The van der Waals surface area contributed by atoms with E-state index in [9.17, 15) is 18.4 Å². The average molecular weight is 376 g/mol. The van der Waals surface area contributed by atoms with Crippen LogP contribution in [0, 0.1) is 11.6 Å².